The Morgan fingerprint density at radius 1 is 1.35 bits per heavy atom. The molecule has 0 aliphatic carbocycles. The number of alkyl halides is 3. The number of sulfone groups is 1. The Bertz CT molecular complexity index is 539. The van der Waals surface area contributed by atoms with Crippen molar-refractivity contribution in [2.24, 2.45) is 0 Å². The second-order valence-corrected chi connectivity index (χ2v) is 7.39. The van der Waals surface area contributed by atoms with Crippen LogP contribution in [0.1, 0.15) is 0 Å². The molecule has 0 N–H and O–H groups in total. The number of methoxy groups -OCH3 is 1. The van der Waals surface area contributed by atoms with Gasteiger partial charge in [-0.05, 0) is 12.1 Å². The second-order valence-electron chi connectivity index (χ2n) is 4.21. The largest absolute Gasteiger partial charge is 0.383 e. The van der Waals surface area contributed by atoms with Gasteiger partial charge in [0.2, 0.25) is 9.84 Å². The summed E-state index contributed by atoms with van der Waals surface area (Å²) in [6.07, 6.45) is 0. The van der Waals surface area contributed by atoms with E-state index in [1.807, 2.05) is 0 Å². The van der Waals surface area contributed by atoms with Crippen LogP contribution in [0.25, 0.3) is 0 Å². The molecule has 0 aliphatic heterocycles. The SMILES string of the molecule is COCC(Br)CN(C)c1ccccc1S(=O)(=O)C(F)F. The van der Waals surface area contributed by atoms with Crippen molar-refractivity contribution in [3.05, 3.63) is 24.3 Å². The third-order valence-corrected chi connectivity index (χ3v) is 4.62. The first-order valence-electron chi connectivity index (χ1n) is 5.76. The molecule has 1 atom stereocenters. The molecule has 20 heavy (non-hydrogen) atoms. The van der Waals surface area contributed by atoms with Gasteiger partial charge in [0.1, 0.15) is 0 Å². The minimum Gasteiger partial charge on any atom is -0.383 e. The topological polar surface area (TPSA) is 46.6 Å². The van der Waals surface area contributed by atoms with E-state index in [0.717, 1.165) is 0 Å². The maximum absolute atomic E-state index is 12.7. The molecule has 0 bridgehead atoms. The maximum atomic E-state index is 12.7. The lowest BCUT2D eigenvalue weighted by Gasteiger charge is -2.24. The molecule has 1 rings (SSSR count). The zero-order valence-corrected chi connectivity index (χ0v) is 13.5. The normalized spacial score (nSPS) is 13.5. The highest BCUT2D eigenvalue weighted by atomic mass is 79.9. The van der Waals surface area contributed by atoms with Crippen LogP contribution in [0.3, 0.4) is 0 Å². The van der Waals surface area contributed by atoms with Crippen molar-refractivity contribution < 1.29 is 21.9 Å². The van der Waals surface area contributed by atoms with Gasteiger partial charge in [-0.25, -0.2) is 8.42 Å². The standard InChI is InChI=1S/C12H16BrF2NO3S/c1-16(7-9(13)8-19-2)10-5-3-4-6-11(10)20(17,18)12(14)15/h3-6,9,12H,7-8H2,1-2H3. The zero-order valence-electron chi connectivity index (χ0n) is 11.1. The summed E-state index contributed by atoms with van der Waals surface area (Å²) in [4.78, 5) is 1.20. The molecule has 0 saturated carbocycles. The number of rotatable bonds is 7. The monoisotopic (exact) mass is 371 g/mol. The van der Waals surface area contributed by atoms with Crippen LogP contribution in [0, 0.1) is 0 Å². The molecule has 0 saturated heterocycles. The molecule has 0 amide bonds. The molecule has 0 radical (unpaired) electrons. The summed E-state index contributed by atoms with van der Waals surface area (Å²) in [5.74, 6) is -3.43. The summed E-state index contributed by atoms with van der Waals surface area (Å²) in [5.41, 5.74) is 0.244. The van der Waals surface area contributed by atoms with E-state index in [4.69, 9.17) is 4.74 Å². The van der Waals surface area contributed by atoms with E-state index in [-0.39, 0.29) is 15.4 Å². The van der Waals surface area contributed by atoms with Crippen LogP contribution in [0.5, 0.6) is 0 Å². The van der Waals surface area contributed by atoms with Gasteiger partial charge in [-0.2, -0.15) is 8.78 Å². The van der Waals surface area contributed by atoms with Crippen molar-refractivity contribution in [3.8, 4) is 0 Å². The Labute approximate surface area is 125 Å². The van der Waals surface area contributed by atoms with Crippen LogP contribution in [0.15, 0.2) is 29.2 Å². The van der Waals surface area contributed by atoms with Crippen LogP contribution < -0.4 is 4.90 Å². The first kappa shape index (κ1) is 17.3. The number of para-hydroxylation sites is 1. The molecule has 0 aliphatic rings. The summed E-state index contributed by atoms with van der Waals surface area (Å²) in [6, 6.07) is 5.72. The highest BCUT2D eigenvalue weighted by molar-refractivity contribution is 9.09. The molecule has 1 unspecified atom stereocenters. The van der Waals surface area contributed by atoms with Crippen molar-refractivity contribution in [1.29, 1.82) is 0 Å². The fourth-order valence-electron chi connectivity index (χ4n) is 1.74. The minimum atomic E-state index is -4.62. The van der Waals surface area contributed by atoms with E-state index in [2.05, 4.69) is 15.9 Å². The molecular formula is C12H16BrF2NO3S. The maximum Gasteiger partial charge on any atom is 0.341 e. The molecular weight excluding hydrogens is 356 g/mol. The Morgan fingerprint density at radius 3 is 2.50 bits per heavy atom. The molecule has 4 nitrogen and oxygen atoms in total. The third kappa shape index (κ3) is 4.13. The Balaban J connectivity index is 3.08. The van der Waals surface area contributed by atoms with Crippen LogP contribution in [0.4, 0.5) is 14.5 Å². The quantitative estimate of drug-likeness (QED) is 0.691. The average Bonchev–Trinajstić information content (AvgIpc) is 2.38. The van der Waals surface area contributed by atoms with E-state index in [0.29, 0.717) is 13.2 Å². The number of nitrogens with zero attached hydrogens (tertiary/aromatic N) is 1. The first-order valence-corrected chi connectivity index (χ1v) is 8.22. The van der Waals surface area contributed by atoms with Crippen molar-refractivity contribution in [3.63, 3.8) is 0 Å². The molecule has 1 aromatic rings. The number of benzene rings is 1. The van der Waals surface area contributed by atoms with Gasteiger partial charge in [0, 0.05) is 20.7 Å². The number of anilines is 1. The van der Waals surface area contributed by atoms with Crippen LogP contribution >= 0.6 is 15.9 Å². The molecule has 8 heteroatoms. The predicted octanol–water partition coefficient (Wildman–Crippen LogP) is 2.53. The molecule has 0 heterocycles. The number of halogens is 3. The van der Waals surface area contributed by atoms with Crippen molar-refractivity contribution >= 4 is 31.5 Å². The summed E-state index contributed by atoms with van der Waals surface area (Å²) in [6.45, 7) is 0.845. The first-order chi connectivity index (χ1) is 9.30. The van der Waals surface area contributed by atoms with Gasteiger partial charge < -0.3 is 9.64 Å². The highest BCUT2D eigenvalue weighted by Gasteiger charge is 2.30. The zero-order chi connectivity index (χ0) is 15.3. The fraction of sp³-hybridized carbons (Fsp3) is 0.500. The second kappa shape index (κ2) is 7.33. The van der Waals surface area contributed by atoms with Crippen molar-refractivity contribution in [1.82, 2.24) is 0 Å². The summed E-state index contributed by atoms with van der Waals surface area (Å²) in [7, 11) is -1.43. The van der Waals surface area contributed by atoms with E-state index in [1.165, 1.54) is 18.2 Å². The Morgan fingerprint density at radius 2 is 1.95 bits per heavy atom. The van der Waals surface area contributed by atoms with Gasteiger partial charge in [-0.3, -0.25) is 0 Å². The number of hydrogen-bond donors (Lipinski definition) is 0. The fourth-order valence-corrected chi connectivity index (χ4v) is 3.41. The van der Waals surface area contributed by atoms with Crippen LogP contribution in [-0.2, 0) is 14.6 Å². The predicted molar refractivity (Wildman–Crippen MR) is 77.5 cm³/mol. The lowest BCUT2D eigenvalue weighted by molar-refractivity contribution is 0.201. The molecule has 0 fully saturated rings. The molecule has 114 valence electrons. The van der Waals surface area contributed by atoms with E-state index in [9.17, 15) is 17.2 Å². The number of hydrogen-bond acceptors (Lipinski definition) is 4. The van der Waals surface area contributed by atoms with E-state index >= 15 is 0 Å². The highest BCUT2D eigenvalue weighted by Crippen LogP contribution is 2.28. The smallest absolute Gasteiger partial charge is 0.341 e. The molecule has 0 aromatic heterocycles. The minimum absolute atomic E-state index is 0.0418. The Hall–Kier alpha value is -0.730. The van der Waals surface area contributed by atoms with Gasteiger partial charge in [-0.15, -0.1) is 0 Å². The van der Waals surface area contributed by atoms with Gasteiger partial charge >= 0.3 is 5.76 Å². The lowest BCUT2D eigenvalue weighted by atomic mass is 10.3. The summed E-state index contributed by atoms with van der Waals surface area (Å²) >= 11 is 3.38. The van der Waals surface area contributed by atoms with E-state index < -0.39 is 15.6 Å². The van der Waals surface area contributed by atoms with Crippen LogP contribution in [-0.4, -0.2) is 46.3 Å². The molecule has 0 spiro atoms. The Kier molecular flexibility index (Phi) is 6.35. The van der Waals surface area contributed by atoms with Crippen molar-refractivity contribution in [2.75, 3.05) is 32.2 Å². The average molecular weight is 372 g/mol. The van der Waals surface area contributed by atoms with Crippen molar-refractivity contribution in [2.45, 2.75) is 15.5 Å². The number of ether oxygens (including phenoxy) is 1. The van der Waals surface area contributed by atoms with Gasteiger partial charge in [0.25, 0.3) is 0 Å². The summed E-state index contributed by atoms with van der Waals surface area (Å²) < 4.78 is 53.7. The van der Waals surface area contributed by atoms with Gasteiger partial charge in [0.15, 0.2) is 0 Å². The van der Waals surface area contributed by atoms with Crippen LogP contribution in [0.2, 0.25) is 0 Å². The molecule has 1 aromatic carbocycles. The summed E-state index contributed by atoms with van der Waals surface area (Å²) in [5, 5.41) is 0. The third-order valence-electron chi connectivity index (χ3n) is 2.64. The van der Waals surface area contributed by atoms with E-state index in [1.54, 1.807) is 25.1 Å². The van der Waals surface area contributed by atoms with Gasteiger partial charge in [0.05, 0.1) is 22.0 Å². The lowest BCUT2D eigenvalue weighted by Crippen LogP contribution is -2.29. The van der Waals surface area contributed by atoms with Gasteiger partial charge in [-0.1, -0.05) is 28.1 Å².